The minimum absolute atomic E-state index is 0. The summed E-state index contributed by atoms with van der Waals surface area (Å²) in [6.07, 6.45) is -2.41. The molecule has 3 amide bonds. The number of benzene rings is 1. The molecule has 0 atom stereocenters. The topological polar surface area (TPSA) is 129 Å². The summed E-state index contributed by atoms with van der Waals surface area (Å²) in [5.74, 6) is 0.645. The molecule has 9 nitrogen and oxygen atoms in total. The Kier molecular flexibility index (Phi) is 11.8. The number of anilines is 2. The summed E-state index contributed by atoms with van der Waals surface area (Å²) in [6, 6.07) is 5.20. The quantitative estimate of drug-likeness (QED) is 0.201. The first kappa shape index (κ1) is 25.6. The first-order valence-corrected chi connectivity index (χ1v) is 9.48. The lowest BCUT2D eigenvalue weighted by molar-refractivity contribution is -0.113. The molecule has 0 heterocycles. The predicted molar refractivity (Wildman–Crippen MR) is 116 cm³/mol. The number of nitrogens with one attached hydrogen (secondary N) is 3. The maximum Gasteiger partial charge on any atom is 0.434 e. The largest absolute Gasteiger partial charge is 0.463 e. The van der Waals surface area contributed by atoms with Crippen molar-refractivity contribution in [3.8, 4) is 0 Å². The average Bonchev–Trinajstić information content (AvgIpc) is 2.60. The molecule has 4 N–H and O–H groups in total. The highest BCUT2D eigenvalue weighted by atomic mass is 32.2. The number of carboxylic acid groups (broad SMARTS) is 1. The molecule has 0 aliphatic rings. The van der Waals surface area contributed by atoms with Gasteiger partial charge >= 0.3 is 12.2 Å². The van der Waals surface area contributed by atoms with Gasteiger partial charge in [0, 0.05) is 10.6 Å². The molecule has 0 saturated heterocycles. The molecule has 0 radical (unpaired) electrons. The van der Waals surface area contributed by atoms with Crippen LogP contribution in [0.25, 0.3) is 0 Å². The van der Waals surface area contributed by atoms with Gasteiger partial charge in [0.2, 0.25) is 11.9 Å². The van der Waals surface area contributed by atoms with Crippen LogP contribution >= 0.6 is 24.4 Å². The average molecular weight is 431 g/mol. The van der Waals surface area contributed by atoms with Crippen molar-refractivity contribution < 1.29 is 24.2 Å². The van der Waals surface area contributed by atoms with Gasteiger partial charge in [-0.15, -0.1) is 16.8 Å². The first-order valence-electron chi connectivity index (χ1n) is 7.86. The van der Waals surface area contributed by atoms with E-state index in [1.807, 2.05) is 6.07 Å². The lowest BCUT2D eigenvalue weighted by Crippen LogP contribution is -2.36. The van der Waals surface area contributed by atoms with E-state index >= 15 is 0 Å². The molecule has 1 aromatic carbocycles. The molecule has 1 rings (SSSR count). The number of ether oxygens (including phenoxy) is 1. The minimum Gasteiger partial charge on any atom is -0.463 e. The Morgan fingerprint density at radius 2 is 1.93 bits per heavy atom. The number of guanidine groups is 1. The smallest absolute Gasteiger partial charge is 0.434 e. The third-order valence-corrected chi connectivity index (χ3v) is 4.57. The van der Waals surface area contributed by atoms with Crippen LogP contribution in [0, 0.1) is 5.92 Å². The van der Waals surface area contributed by atoms with Gasteiger partial charge in [0.1, 0.15) is 0 Å². The fourth-order valence-electron chi connectivity index (χ4n) is 1.74. The minimum atomic E-state index is -1.51. The van der Waals surface area contributed by atoms with Crippen molar-refractivity contribution in [1.29, 1.82) is 0 Å². The van der Waals surface area contributed by atoms with Crippen molar-refractivity contribution in [1.82, 2.24) is 5.32 Å². The highest BCUT2D eigenvalue weighted by Gasteiger charge is 2.13. The number of methoxy groups -OCH3 is 1. The summed E-state index contributed by atoms with van der Waals surface area (Å²) in [6.45, 7) is 4.19. The lowest BCUT2D eigenvalue weighted by Gasteiger charge is -2.16. The SMILES string of the molecule is C.COC(=O)NC(=NC(=O)O)Nc1ccc(SCC(C)C)cc1NC(=O)CS. The molecular formula is C17H26N4O5S2. The third kappa shape index (κ3) is 9.51. The standard InChI is InChI=1S/C16H22N4O5S2.CH4/c1-9(2)8-27-10-4-5-11(12(6-10)17-13(21)7-26)18-14(19-15(22)23)20-16(24)25-3;/h4-6,9,26H,7-8H2,1-3H3,(H,17,21)(H,22,23)(H2,18,19,20,24);1H4. The molecular weight excluding hydrogens is 404 g/mol. The molecule has 28 heavy (non-hydrogen) atoms. The van der Waals surface area contributed by atoms with Crippen molar-refractivity contribution in [2.45, 2.75) is 26.2 Å². The van der Waals surface area contributed by atoms with E-state index in [1.165, 1.54) is 0 Å². The van der Waals surface area contributed by atoms with Crippen molar-refractivity contribution in [2.24, 2.45) is 10.9 Å². The normalized spacial score (nSPS) is 10.7. The fourth-order valence-corrected chi connectivity index (χ4v) is 2.71. The number of amides is 3. The summed E-state index contributed by atoms with van der Waals surface area (Å²) in [5, 5.41) is 16.4. The van der Waals surface area contributed by atoms with Gasteiger partial charge in [0.25, 0.3) is 0 Å². The fraction of sp³-hybridized carbons (Fsp3) is 0.412. The van der Waals surface area contributed by atoms with E-state index in [2.05, 4.69) is 52.2 Å². The maximum atomic E-state index is 11.8. The molecule has 1 aromatic rings. The third-order valence-electron chi connectivity index (χ3n) is 2.86. The number of thiol groups is 1. The van der Waals surface area contributed by atoms with Crippen molar-refractivity contribution in [2.75, 3.05) is 29.2 Å². The molecule has 11 heteroatoms. The summed E-state index contributed by atoms with van der Waals surface area (Å²) < 4.78 is 4.44. The van der Waals surface area contributed by atoms with Crippen LogP contribution in [0.2, 0.25) is 0 Å². The van der Waals surface area contributed by atoms with Gasteiger partial charge in [-0.05, 0) is 24.1 Å². The molecule has 0 bridgehead atoms. The Balaban J connectivity index is 0.00000729. The van der Waals surface area contributed by atoms with Gasteiger partial charge in [0.15, 0.2) is 0 Å². The van der Waals surface area contributed by atoms with E-state index in [4.69, 9.17) is 5.11 Å². The van der Waals surface area contributed by atoms with Crippen LogP contribution in [-0.2, 0) is 9.53 Å². The molecule has 0 aliphatic carbocycles. The summed E-state index contributed by atoms with van der Waals surface area (Å²) in [4.78, 5) is 38.2. The van der Waals surface area contributed by atoms with E-state index in [0.29, 0.717) is 17.3 Å². The van der Waals surface area contributed by atoms with E-state index < -0.39 is 12.2 Å². The van der Waals surface area contributed by atoms with Crippen LogP contribution < -0.4 is 16.0 Å². The highest BCUT2D eigenvalue weighted by molar-refractivity contribution is 7.99. The van der Waals surface area contributed by atoms with Crippen LogP contribution in [0.3, 0.4) is 0 Å². The van der Waals surface area contributed by atoms with Gasteiger partial charge < -0.3 is 20.5 Å². The van der Waals surface area contributed by atoms with Crippen molar-refractivity contribution in [3.63, 3.8) is 0 Å². The Morgan fingerprint density at radius 1 is 1.25 bits per heavy atom. The van der Waals surface area contributed by atoms with E-state index in [0.717, 1.165) is 17.8 Å². The number of hydrogen-bond donors (Lipinski definition) is 5. The number of carbonyl (C=O) groups is 3. The molecule has 156 valence electrons. The molecule has 0 aromatic heterocycles. The number of thioether (sulfide) groups is 1. The number of nitrogens with zero attached hydrogens (tertiary/aromatic N) is 1. The van der Waals surface area contributed by atoms with Crippen LogP contribution in [-0.4, -0.2) is 47.8 Å². The Morgan fingerprint density at radius 3 is 2.46 bits per heavy atom. The van der Waals surface area contributed by atoms with Crippen LogP contribution in [0.1, 0.15) is 21.3 Å². The molecule has 0 spiro atoms. The summed E-state index contributed by atoms with van der Waals surface area (Å²) in [5.41, 5.74) is 0.739. The van der Waals surface area contributed by atoms with Gasteiger partial charge in [0.05, 0.1) is 24.2 Å². The number of rotatable bonds is 6. The van der Waals surface area contributed by atoms with Crippen molar-refractivity contribution >= 4 is 59.8 Å². The molecule has 0 unspecified atom stereocenters. The number of hydrogen-bond acceptors (Lipinski definition) is 6. The Bertz CT molecular complexity index is 725. The summed E-state index contributed by atoms with van der Waals surface area (Å²) in [7, 11) is 1.13. The van der Waals surface area contributed by atoms with Gasteiger partial charge in [-0.2, -0.15) is 12.6 Å². The number of carbonyl (C=O) groups excluding carboxylic acids is 2. The Labute approximate surface area is 174 Å². The Hall–Kier alpha value is -2.40. The van der Waals surface area contributed by atoms with Crippen molar-refractivity contribution in [3.05, 3.63) is 18.2 Å². The van der Waals surface area contributed by atoms with Crippen LogP contribution in [0.15, 0.2) is 28.1 Å². The van der Waals surface area contributed by atoms with Gasteiger partial charge in [-0.1, -0.05) is 21.3 Å². The second kappa shape index (κ2) is 12.9. The molecule has 0 fully saturated rings. The zero-order valence-electron chi connectivity index (χ0n) is 15.1. The zero-order valence-corrected chi connectivity index (χ0v) is 16.8. The lowest BCUT2D eigenvalue weighted by atomic mass is 10.2. The van der Waals surface area contributed by atoms with E-state index in [-0.39, 0.29) is 25.0 Å². The number of alkyl carbamates (subject to hydrolysis) is 1. The molecule has 0 aliphatic heterocycles. The van der Waals surface area contributed by atoms with Crippen LogP contribution in [0.4, 0.5) is 21.0 Å². The first-order chi connectivity index (χ1) is 12.7. The number of aliphatic imine (C=N–C) groups is 1. The van der Waals surface area contributed by atoms with E-state index in [9.17, 15) is 14.4 Å². The zero-order chi connectivity index (χ0) is 20.4. The van der Waals surface area contributed by atoms with Crippen LogP contribution in [0.5, 0.6) is 0 Å². The highest BCUT2D eigenvalue weighted by Crippen LogP contribution is 2.29. The predicted octanol–water partition coefficient (Wildman–Crippen LogP) is 3.74. The monoisotopic (exact) mass is 430 g/mol. The van der Waals surface area contributed by atoms with Gasteiger partial charge in [-0.25, -0.2) is 9.59 Å². The second-order valence-corrected chi connectivity index (χ2v) is 7.01. The van der Waals surface area contributed by atoms with Gasteiger partial charge in [-0.3, -0.25) is 10.1 Å². The summed E-state index contributed by atoms with van der Waals surface area (Å²) >= 11 is 5.55. The maximum absolute atomic E-state index is 11.8. The molecule has 0 saturated carbocycles. The second-order valence-electron chi connectivity index (χ2n) is 5.60. The van der Waals surface area contributed by atoms with E-state index in [1.54, 1.807) is 23.9 Å².